The van der Waals surface area contributed by atoms with E-state index in [1.165, 1.54) is 4.57 Å². The molecule has 4 aromatic rings. The first kappa shape index (κ1) is 19.3. The second-order valence-electron chi connectivity index (χ2n) is 7.14. The Balaban J connectivity index is 2.26. The fourth-order valence-electron chi connectivity index (χ4n) is 3.93. The molecule has 150 valence electrons. The fraction of sp³-hybridized carbons (Fsp3) is 0.273. The molecule has 0 spiro atoms. The molecule has 0 aliphatic rings. The summed E-state index contributed by atoms with van der Waals surface area (Å²) in [5.41, 5.74) is 2.54. The smallest absolute Gasteiger partial charge is 0.336 e. The summed E-state index contributed by atoms with van der Waals surface area (Å²) in [7, 11) is 3.44. The Morgan fingerprint density at radius 2 is 1.83 bits per heavy atom. The standard InChI is InChI=1S/C22H22ClN3O3/c1-5-10-25-19-16-12-15(29-4)8-9-17(16)24(3)20(19)21(27)26(22(25)28)18-11-14(23)7-6-13(18)2/h6-9,11-12H,5,10H2,1-4H3. The van der Waals surface area contributed by atoms with Crippen LogP contribution in [0.15, 0.2) is 46.0 Å². The lowest BCUT2D eigenvalue weighted by Gasteiger charge is -2.14. The van der Waals surface area contributed by atoms with E-state index in [1.807, 2.05) is 49.7 Å². The highest BCUT2D eigenvalue weighted by Gasteiger charge is 2.22. The number of hydrogen-bond acceptors (Lipinski definition) is 3. The Morgan fingerprint density at radius 3 is 2.52 bits per heavy atom. The van der Waals surface area contributed by atoms with Gasteiger partial charge in [-0.3, -0.25) is 9.36 Å². The number of rotatable bonds is 4. The average Bonchev–Trinajstić information content (AvgIpc) is 3.00. The molecule has 0 atom stereocenters. The zero-order valence-corrected chi connectivity index (χ0v) is 17.6. The third kappa shape index (κ3) is 2.86. The van der Waals surface area contributed by atoms with E-state index in [1.54, 1.807) is 23.8 Å². The molecule has 0 N–H and O–H groups in total. The van der Waals surface area contributed by atoms with Gasteiger partial charge in [-0.2, -0.15) is 0 Å². The predicted octanol–water partition coefficient (Wildman–Crippen LogP) is 4.02. The highest BCUT2D eigenvalue weighted by atomic mass is 35.5. The summed E-state index contributed by atoms with van der Waals surface area (Å²) < 4.78 is 10.1. The molecule has 29 heavy (non-hydrogen) atoms. The van der Waals surface area contributed by atoms with Gasteiger partial charge in [0.2, 0.25) is 0 Å². The molecule has 0 aliphatic heterocycles. The molecule has 0 aliphatic carbocycles. The van der Waals surface area contributed by atoms with Crippen molar-refractivity contribution in [3.8, 4) is 11.4 Å². The van der Waals surface area contributed by atoms with Gasteiger partial charge < -0.3 is 9.30 Å². The van der Waals surface area contributed by atoms with Crippen molar-refractivity contribution < 1.29 is 4.74 Å². The molecule has 4 rings (SSSR count). The van der Waals surface area contributed by atoms with Crippen LogP contribution < -0.4 is 16.0 Å². The van der Waals surface area contributed by atoms with Crippen molar-refractivity contribution in [1.29, 1.82) is 0 Å². The number of hydrogen-bond donors (Lipinski definition) is 0. The zero-order chi connectivity index (χ0) is 20.9. The summed E-state index contributed by atoms with van der Waals surface area (Å²) in [5.74, 6) is 0.676. The maximum atomic E-state index is 13.6. The summed E-state index contributed by atoms with van der Waals surface area (Å²) in [6, 6.07) is 10.8. The molecular weight excluding hydrogens is 390 g/mol. The number of aromatic nitrogens is 3. The molecule has 0 fully saturated rings. The van der Waals surface area contributed by atoms with E-state index < -0.39 is 0 Å². The molecule has 0 bridgehead atoms. The van der Waals surface area contributed by atoms with Gasteiger partial charge in [0.25, 0.3) is 5.56 Å². The van der Waals surface area contributed by atoms with Crippen LogP contribution in [0.4, 0.5) is 0 Å². The van der Waals surface area contributed by atoms with Gasteiger partial charge in [-0.15, -0.1) is 0 Å². The van der Waals surface area contributed by atoms with Crippen LogP contribution in [-0.4, -0.2) is 20.8 Å². The van der Waals surface area contributed by atoms with E-state index in [-0.39, 0.29) is 11.2 Å². The Bertz CT molecular complexity index is 1380. The summed E-state index contributed by atoms with van der Waals surface area (Å²) in [6.07, 6.45) is 0.752. The lowest BCUT2D eigenvalue weighted by molar-refractivity contribution is 0.415. The summed E-state index contributed by atoms with van der Waals surface area (Å²) in [5, 5.41) is 1.29. The number of halogens is 1. The van der Waals surface area contributed by atoms with Gasteiger partial charge in [0.05, 0.1) is 23.8 Å². The number of benzene rings is 2. The van der Waals surface area contributed by atoms with Crippen molar-refractivity contribution in [2.45, 2.75) is 26.8 Å². The second kappa shape index (κ2) is 7.12. The molecular formula is C22H22ClN3O3. The summed E-state index contributed by atoms with van der Waals surface area (Å²) in [6.45, 7) is 4.36. The molecule has 0 unspecified atom stereocenters. The Kier molecular flexibility index (Phi) is 4.74. The van der Waals surface area contributed by atoms with Crippen LogP contribution in [0.25, 0.3) is 27.6 Å². The lowest BCUT2D eigenvalue weighted by Crippen LogP contribution is -2.39. The molecule has 2 aromatic heterocycles. The summed E-state index contributed by atoms with van der Waals surface area (Å²) >= 11 is 6.18. The normalized spacial score (nSPS) is 11.5. The van der Waals surface area contributed by atoms with Gasteiger partial charge in [0.15, 0.2) is 0 Å². The lowest BCUT2D eigenvalue weighted by atomic mass is 10.2. The largest absolute Gasteiger partial charge is 0.497 e. The highest BCUT2D eigenvalue weighted by molar-refractivity contribution is 6.30. The van der Waals surface area contributed by atoms with E-state index in [2.05, 4.69) is 0 Å². The number of aryl methyl sites for hydroxylation is 3. The zero-order valence-electron chi connectivity index (χ0n) is 16.8. The Labute approximate surface area is 172 Å². The molecule has 7 heteroatoms. The Hall–Kier alpha value is -2.99. The molecule has 6 nitrogen and oxygen atoms in total. The van der Waals surface area contributed by atoms with Gasteiger partial charge >= 0.3 is 5.69 Å². The van der Waals surface area contributed by atoms with Gasteiger partial charge in [0, 0.05) is 24.0 Å². The minimum atomic E-state index is -0.370. The monoisotopic (exact) mass is 411 g/mol. The van der Waals surface area contributed by atoms with E-state index in [4.69, 9.17) is 16.3 Å². The first-order valence-corrected chi connectivity index (χ1v) is 9.85. The minimum absolute atomic E-state index is 0.361. The van der Waals surface area contributed by atoms with E-state index in [0.29, 0.717) is 34.0 Å². The highest BCUT2D eigenvalue weighted by Crippen LogP contribution is 2.29. The number of ether oxygens (including phenoxy) is 1. The van der Waals surface area contributed by atoms with Gasteiger partial charge in [0.1, 0.15) is 11.3 Å². The second-order valence-corrected chi connectivity index (χ2v) is 7.58. The van der Waals surface area contributed by atoms with Crippen molar-refractivity contribution in [3.63, 3.8) is 0 Å². The quantitative estimate of drug-likeness (QED) is 0.509. The van der Waals surface area contributed by atoms with E-state index >= 15 is 0 Å². The van der Waals surface area contributed by atoms with Crippen LogP contribution in [0.3, 0.4) is 0 Å². The minimum Gasteiger partial charge on any atom is -0.497 e. The molecule has 2 aromatic carbocycles. The van der Waals surface area contributed by atoms with Crippen molar-refractivity contribution in [2.75, 3.05) is 7.11 Å². The van der Waals surface area contributed by atoms with Crippen LogP contribution in [0.1, 0.15) is 18.9 Å². The van der Waals surface area contributed by atoms with Crippen LogP contribution in [0.2, 0.25) is 5.02 Å². The molecule has 0 saturated heterocycles. The summed E-state index contributed by atoms with van der Waals surface area (Å²) in [4.78, 5) is 27.1. The van der Waals surface area contributed by atoms with Crippen LogP contribution in [0.5, 0.6) is 5.75 Å². The number of fused-ring (bicyclic) bond motifs is 3. The molecule has 0 saturated carbocycles. The molecule has 0 amide bonds. The maximum Gasteiger partial charge on any atom is 0.336 e. The third-order valence-corrected chi connectivity index (χ3v) is 5.57. The fourth-order valence-corrected chi connectivity index (χ4v) is 4.09. The SMILES string of the molecule is CCCn1c(=O)n(-c2cc(Cl)ccc2C)c(=O)c2c1c1cc(OC)ccc1n2C. The topological polar surface area (TPSA) is 58.2 Å². The third-order valence-electron chi connectivity index (χ3n) is 5.34. The maximum absolute atomic E-state index is 13.6. The number of nitrogens with zero attached hydrogens (tertiary/aromatic N) is 3. The van der Waals surface area contributed by atoms with E-state index in [9.17, 15) is 9.59 Å². The van der Waals surface area contributed by atoms with Gasteiger partial charge in [-0.1, -0.05) is 24.6 Å². The van der Waals surface area contributed by atoms with Crippen molar-refractivity contribution in [1.82, 2.24) is 13.7 Å². The van der Waals surface area contributed by atoms with Gasteiger partial charge in [-0.25, -0.2) is 9.36 Å². The van der Waals surface area contributed by atoms with E-state index in [0.717, 1.165) is 22.9 Å². The average molecular weight is 412 g/mol. The van der Waals surface area contributed by atoms with Crippen LogP contribution in [0, 0.1) is 6.92 Å². The van der Waals surface area contributed by atoms with Crippen LogP contribution >= 0.6 is 11.6 Å². The van der Waals surface area contributed by atoms with Crippen molar-refractivity contribution >= 4 is 33.5 Å². The number of methoxy groups -OCH3 is 1. The molecule has 2 heterocycles. The van der Waals surface area contributed by atoms with Crippen molar-refractivity contribution in [2.24, 2.45) is 7.05 Å². The van der Waals surface area contributed by atoms with Crippen molar-refractivity contribution in [3.05, 3.63) is 67.8 Å². The van der Waals surface area contributed by atoms with Crippen LogP contribution in [-0.2, 0) is 13.6 Å². The first-order chi connectivity index (χ1) is 13.9. The molecule has 0 radical (unpaired) electrons. The van der Waals surface area contributed by atoms with Gasteiger partial charge in [-0.05, 0) is 49.2 Å². The first-order valence-electron chi connectivity index (χ1n) is 9.47. The predicted molar refractivity (Wildman–Crippen MR) is 117 cm³/mol. The Morgan fingerprint density at radius 1 is 1.07 bits per heavy atom.